The molecule has 0 atom stereocenters. The second kappa shape index (κ2) is 9.52. The minimum Gasteiger partial charge on any atom is -0.493 e. The van der Waals surface area contributed by atoms with Crippen molar-refractivity contribution < 1.29 is 9.47 Å². The lowest BCUT2D eigenvalue weighted by molar-refractivity contribution is 0.271. The molecule has 0 aliphatic rings. The highest BCUT2D eigenvalue weighted by Gasteiger charge is 2.17. The van der Waals surface area contributed by atoms with E-state index < -0.39 is 0 Å². The van der Waals surface area contributed by atoms with Crippen LogP contribution in [0.5, 0.6) is 17.2 Å². The van der Waals surface area contributed by atoms with Crippen LogP contribution in [0.1, 0.15) is 13.8 Å². The normalized spacial score (nSPS) is 10.9. The lowest BCUT2D eigenvalue weighted by Crippen LogP contribution is -2.19. The standard InChI is InChI=1S/C27H26N2O3/c1-19(2)18-31-22-13-9-10-20(16-22)24-17-26(30)29(3)28-27(24)23-14-7-8-15-25(23)32-21-11-5-4-6-12-21/h4-17,19H,18H2,1-3H3. The molecule has 1 aromatic heterocycles. The summed E-state index contributed by atoms with van der Waals surface area (Å²) in [4.78, 5) is 12.5. The zero-order valence-electron chi connectivity index (χ0n) is 18.5. The molecule has 0 fully saturated rings. The van der Waals surface area contributed by atoms with Crippen molar-refractivity contribution in [2.75, 3.05) is 6.61 Å². The Bertz CT molecular complexity index is 1260. The van der Waals surface area contributed by atoms with Gasteiger partial charge in [0.2, 0.25) is 0 Å². The van der Waals surface area contributed by atoms with Gasteiger partial charge in [-0.15, -0.1) is 0 Å². The third-order valence-corrected chi connectivity index (χ3v) is 4.93. The first-order valence-electron chi connectivity index (χ1n) is 10.6. The number of benzene rings is 3. The Kier molecular flexibility index (Phi) is 6.36. The smallest absolute Gasteiger partial charge is 0.267 e. The molecule has 0 unspecified atom stereocenters. The molecule has 0 amide bonds. The molecule has 0 aliphatic heterocycles. The van der Waals surface area contributed by atoms with Gasteiger partial charge in [0.05, 0.1) is 6.61 Å². The van der Waals surface area contributed by atoms with Crippen molar-refractivity contribution in [3.63, 3.8) is 0 Å². The number of aryl methyl sites for hydroxylation is 1. The van der Waals surface area contributed by atoms with Crippen LogP contribution in [-0.4, -0.2) is 16.4 Å². The molecular weight excluding hydrogens is 400 g/mol. The van der Waals surface area contributed by atoms with E-state index in [9.17, 15) is 4.79 Å². The molecule has 0 bridgehead atoms. The van der Waals surface area contributed by atoms with Crippen LogP contribution in [-0.2, 0) is 7.05 Å². The number of aromatic nitrogens is 2. The monoisotopic (exact) mass is 426 g/mol. The number of para-hydroxylation sites is 2. The van der Waals surface area contributed by atoms with Gasteiger partial charge in [0.15, 0.2) is 0 Å². The lowest BCUT2D eigenvalue weighted by atomic mass is 9.99. The van der Waals surface area contributed by atoms with E-state index in [0.29, 0.717) is 24.0 Å². The summed E-state index contributed by atoms with van der Waals surface area (Å²) in [6.07, 6.45) is 0. The Morgan fingerprint density at radius 3 is 2.34 bits per heavy atom. The van der Waals surface area contributed by atoms with Crippen molar-refractivity contribution in [3.05, 3.63) is 95.3 Å². The van der Waals surface area contributed by atoms with Crippen LogP contribution in [0.4, 0.5) is 0 Å². The maximum atomic E-state index is 12.5. The van der Waals surface area contributed by atoms with E-state index in [2.05, 4.69) is 18.9 Å². The van der Waals surface area contributed by atoms with Crippen molar-refractivity contribution >= 4 is 0 Å². The fourth-order valence-electron chi connectivity index (χ4n) is 3.34. The van der Waals surface area contributed by atoms with Gasteiger partial charge >= 0.3 is 0 Å². The van der Waals surface area contributed by atoms with Crippen LogP contribution in [0.3, 0.4) is 0 Å². The van der Waals surface area contributed by atoms with Gasteiger partial charge in [-0.2, -0.15) is 5.10 Å². The molecule has 5 heteroatoms. The highest BCUT2D eigenvalue weighted by atomic mass is 16.5. The maximum absolute atomic E-state index is 12.5. The predicted molar refractivity (Wildman–Crippen MR) is 127 cm³/mol. The third kappa shape index (κ3) is 4.89. The van der Waals surface area contributed by atoms with Gasteiger partial charge in [0.25, 0.3) is 5.56 Å². The fourth-order valence-corrected chi connectivity index (χ4v) is 3.34. The first-order valence-corrected chi connectivity index (χ1v) is 10.6. The van der Waals surface area contributed by atoms with Crippen LogP contribution in [0, 0.1) is 5.92 Å². The molecule has 0 saturated heterocycles. The van der Waals surface area contributed by atoms with Crippen LogP contribution >= 0.6 is 0 Å². The van der Waals surface area contributed by atoms with Gasteiger partial charge in [-0.3, -0.25) is 4.79 Å². The van der Waals surface area contributed by atoms with Crippen molar-refractivity contribution in [3.8, 4) is 39.6 Å². The second-order valence-electron chi connectivity index (χ2n) is 8.01. The Morgan fingerprint density at radius 1 is 0.844 bits per heavy atom. The van der Waals surface area contributed by atoms with E-state index in [0.717, 1.165) is 28.2 Å². The number of rotatable bonds is 7. The van der Waals surface area contributed by atoms with Crippen molar-refractivity contribution in [2.45, 2.75) is 13.8 Å². The molecule has 162 valence electrons. The van der Waals surface area contributed by atoms with Gasteiger partial charge in [-0.1, -0.05) is 56.3 Å². The largest absolute Gasteiger partial charge is 0.493 e. The van der Waals surface area contributed by atoms with Gasteiger partial charge in [-0.25, -0.2) is 4.68 Å². The van der Waals surface area contributed by atoms with Gasteiger partial charge < -0.3 is 9.47 Å². The van der Waals surface area contributed by atoms with Crippen LogP contribution < -0.4 is 15.0 Å². The average molecular weight is 427 g/mol. The highest BCUT2D eigenvalue weighted by molar-refractivity contribution is 5.83. The quantitative estimate of drug-likeness (QED) is 0.367. The lowest BCUT2D eigenvalue weighted by Gasteiger charge is -2.15. The Balaban J connectivity index is 1.82. The van der Waals surface area contributed by atoms with E-state index in [1.54, 1.807) is 13.1 Å². The predicted octanol–water partition coefficient (Wildman–Crippen LogP) is 5.94. The Labute approximate surface area is 187 Å². The summed E-state index contributed by atoms with van der Waals surface area (Å²) in [5.41, 5.74) is 2.88. The minimum absolute atomic E-state index is 0.182. The number of ether oxygens (including phenoxy) is 2. The molecule has 5 nitrogen and oxygen atoms in total. The summed E-state index contributed by atoms with van der Waals surface area (Å²) in [5, 5.41) is 4.61. The number of hydrogen-bond donors (Lipinski definition) is 0. The molecule has 0 aliphatic carbocycles. The summed E-state index contributed by atoms with van der Waals surface area (Å²) in [6, 6.07) is 26.7. The molecule has 0 spiro atoms. The fraction of sp³-hybridized carbons (Fsp3) is 0.185. The summed E-state index contributed by atoms with van der Waals surface area (Å²) in [6.45, 7) is 4.84. The molecule has 4 rings (SSSR count). The molecule has 0 N–H and O–H groups in total. The summed E-state index contributed by atoms with van der Waals surface area (Å²) >= 11 is 0. The SMILES string of the molecule is CC(C)COc1cccc(-c2cc(=O)n(C)nc2-c2ccccc2Oc2ccccc2)c1. The zero-order chi connectivity index (χ0) is 22.5. The molecule has 0 saturated carbocycles. The van der Waals surface area contributed by atoms with E-state index in [1.807, 2.05) is 78.9 Å². The minimum atomic E-state index is -0.182. The van der Waals surface area contributed by atoms with Crippen molar-refractivity contribution in [1.29, 1.82) is 0 Å². The molecular formula is C27H26N2O3. The van der Waals surface area contributed by atoms with Crippen LogP contribution in [0.25, 0.3) is 22.4 Å². The first-order chi connectivity index (χ1) is 15.5. The Morgan fingerprint density at radius 2 is 1.56 bits per heavy atom. The number of hydrogen-bond acceptors (Lipinski definition) is 4. The maximum Gasteiger partial charge on any atom is 0.267 e. The van der Waals surface area contributed by atoms with E-state index in [1.165, 1.54) is 4.68 Å². The second-order valence-corrected chi connectivity index (χ2v) is 8.01. The van der Waals surface area contributed by atoms with Crippen molar-refractivity contribution in [2.24, 2.45) is 13.0 Å². The topological polar surface area (TPSA) is 53.4 Å². The molecule has 4 aromatic rings. The molecule has 3 aromatic carbocycles. The number of nitrogens with zero attached hydrogens (tertiary/aromatic N) is 2. The van der Waals surface area contributed by atoms with Crippen LogP contribution in [0.15, 0.2) is 89.7 Å². The third-order valence-electron chi connectivity index (χ3n) is 4.93. The van der Waals surface area contributed by atoms with E-state index >= 15 is 0 Å². The molecule has 0 radical (unpaired) electrons. The Hall–Kier alpha value is -3.86. The highest BCUT2D eigenvalue weighted by Crippen LogP contribution is 2.37. The van der Waals surface area contributed by atoms with Gasteiger partial charge in [0, 0.05) is 24.2 Å². The van der Waals surface area contributed by atoms with Crippen molar-refractivity contribution in [1.82, 2.24) is 9.78 Å². The van der Waals surface area contributed by atoms with Gasteiger partial charge in [0.1, 0.15) is 22.9 Å². The van der Waals surface area contributed by atoms with E-state index in [4.69, 9.17) is 9.47 Å². The summed E-state index contributed by atoms with van der Waals surface area (Å²) in [5.74, 6) is 2.58. The zero-order valence-corrected chi connectivity index (χ0v) is 18.5. The van der Waals surface area contributed by atoms with E-state index in [-0.39, 0.29) is 5.56 Å². The summed E-state index contributed by atoms with van der Waals surface area (Å²) < 4.78 is 13.4. The first kappa shape index (κ1) is 21.4. The van der Waals surface area contributed by atoms with Gasteiger partial charge in [-0.05, 0) is 47.9 Å². The molecule has 32 heavy (non-hydrogen) atoms. The summed E-state index contributed by atoms with van der Waals surface area (Å²) in [7, 11) is 1.65. The molecule has 1 heterocycles. The average Bonchev–Trinajstić information content (AvgIpc) is 2.80. The van der Waals surface area contributed by atoms with Crippen LogP contribution in [0.2, 0.25) is 0 Å².